The van der Waals surface area contributed by atoms with Gasteiger partial charge in [0, 0.05) is 23.7 Å². The highest BCUT2D eigenvalue weighted by Gasteiger charge is 2.08. The molecule has 0 aromatic heterocycles. The Balaban J connectivity index is 2.05. The van der Waals surface area contributed by atoms with Crippen LogP contribution in [0.25, 0.3) is 0 Å². The normalized spacial score (nSPS) is 10.6. The van der Waals surface area contributed by atoms with Crippen molar-refractivity contribution in [3.8, 4) is 5.75 Å². The third kappa shape index (κ3) is 3.51. The molecule has 0 spiro atoms. The molecule has 2 rings (SSSR count). The van der Waals surface area contributed by atoms with Crippen LogP contribution < -0.4 is 10.1 Å². The van der Waals surface area contributed by atoms with Crippen molar-refractivity contribution in [3.63, 3.8) is 0 Å². The SMILES string of the molecule is COc1cccc(Cl)c1CNCc1cccc(F)c1Br. The second-order valence-corrected chi connectivity index (χ2v) is 5.44. The van der Waals surface area contributed by atoms with Crippen LogP contribution in [-0.2, 0) is 13.1 Å². The fraction of sp³-hybridized carbons (Fsp3) is 0.200. The first-order chi connectivity index (χ1) is 9.63. The van der Waals surface area contributed by atoms with E-state index in [-0.39, 0.29) is 5.82 Å². The predicted octanol–water partition coefficient (Wildman–Crippen LogP) is 4.54. The highest BCUT2D eigenvalue weighted by Crippen LogP contribution is 2.26. The van der Waals surface area contributed by atoms with E-state index in [1.807, 2.05) is 24.3 Å². The summed E-state index contributed by atoms with van der Waals surface area (Å²) in [4.78, 5) is 0. The number of halogens is 3. The molecule has 0 fully saturated rings. The fourth-order valence-electron chi connectivity index (χ4n) is 1.91. The van der Waals surface area contributed by atoms with E-state index in [9.17, 15) is 4.39 Å². The van der Waals surface area contributed by atoms with Gasteiger partial charge >= 0.3 is 0 Å². The number of methoxy groups -OCH3 is 1. The average Bonchev–Trinajstić information content (AvgIpc) is 2.45. The Morgan fingerprint density at radius 1 is 1.20 bits per heavy atom. The van der Waals surface area contributed by atoms with Crippen LogP contribution in [0.4, 0.5) is 4.39 Å². The van der Waals surface area contributed by atoms with Crippen molar-refractivity contribution in [1.82, 2.24) is 5.32 Å². The highest BCUT2D eigenvalue weighted by molar-refractivity contribution is 9.10. The largest absolute Gasteiger partial charge is 0.496 e. The van der Waals surface area contributed by atoms with Crippen LogP contribution in [0.2, 0.25) is 5.02 Å². The van der Waals surface area contributed by atoms with Gasteiger partial charge in [0.15, 0.2) is 0 Å². The first-order valence-electron chi connectivity index (χ1n) is 6.08. The molecule has 0 saturated heterocycles. The number of hydrogen-bond donors (Lipinski definition) is 1. The lowest BCUT2D eigenvalue weighted by Crippen LogP contribution is -2.14. The van der Waals surface area contributed by atoms with Crippen molar-refractivity contribution in [2.45, 2.75) is 13.1 Å². The zero-order valence-electron chi connectivity index (χ0n) is 10.9. The second-order valence-electron chi connectivity index (χ2n) is 4.24. The van der Waals surface area contributed by atoms with Crippen molar-refractivity contribution in [2.24, 2.45) is 0 Å². The van der Waals surface area contributed by atoms with Crippen molar-refractivity contribution in [1.29, 1.82) is 0 Å². The molecule has 0 aliphatic rings. The third-order valence-electron chi connectivity index (χ3n) is 2.94. The van der Waals surface area contributed by atoms with E-state index >= 15 is 0 Å². The first-order valence-corrected chi connectivity index (χ1v) is 7.25. The number of ether oxygens (including phenoxy) is 1. The van der Waals surface area contributed by atoms with Gasteiger partial charge in [-0.05, 0) is 39.7 Å². The van der Waals surface area contributed by atoms with Crippen molar-refractivity contribution < 1.29 is 9.13 Å². The van der Waals surface area contributed by atoms with Crippen molar-refractivity contribution in [2.75, 3.05) is 7.11 Å². The highest BCUT2D eigenvalue weighted by atomic mass is 79.9. The molecule has 0 atom stereocenters. The van der Waals surface area contributed by atoms with Gasteiger partial charge in [-0.1, -0.05) is 29.8 Å². The van der Waals surface area contributed by atoms with Crippen molar-refractivity contribution in [3.05, 3.63) is 62.8 Å². The van der Waals surface area contributed by atoms with E-state index in [4.69, 9.17) is 16.3 Å². The molecule has 1 N–H and O–H groups in total. The minimum absolute atomic E-state index is 0.264. The zero-order valence-corrected chi connectivity index (χ0v) is 13.3. The van der Waals surface area contributed by atoms with Crippen LogP contribution in [0.5, 0.6) is 5.75 Å². The summed E-state index contributed by atoms with van der Waals surface area (Å²) in [6, 6.07) is 10.5. The molecule has 0 saturated carbocycles. The molecule has 0 aliphatic carbocycles. The van der Waals surface area contributed by atoms with Gasteiger partial charge < -0.3 is 10.1 Å². The average molecular weight is 359 g/mol. The molecular formula is C15H14BrClFNO. The molecule has 20 heavy (non-hydrogen) atoms. The number of nitrogens with one attached hydrogen (secondary N) is 1. The minimum atomic E-state index is -0.264. The topological polar surface area (TPSA) is 21.3 Å². The van der Waals surface area contributed by atoms with Gasteiger partial charge in [-0.3, -0.25) is 0 Å². The first kappa shape index (κ1) is 15.3. The molecule has 2 aromatic rings. The lowest BCUT2D eigenvalue weighted by molar-refractivity contribution is 0.407. The van der Waals surface area contributed by atoms with Gasteiger partial charge in [0.2, 0.25) is 0 Å². The maximum atomic E-state index is 13.4. The molecule has 0 radical (unpaired) electrons. The Morgan fingerprint density at radius 3 is 2.70 bits per heavy atom. The van der Waals surface area contributed by atoms with E-state index in [1.165, 1.54) is 6.07 Å². The minimum Gasteiger partial charge on any atom is -0.496 e. The Bertz CT molecular complexity index is 606. The Kier molecular flexibility index (Phi) is 5.40. The summed E-state index contributed by atoms with van der Waals surface area (Å²) >= 11 is 9.40. The Morgan fingerprint density at radius 2 is 1.95 bits per heavy atom. The van der Waals surface area contributed by atoms with Crippen LogP contribution in [0.3, 0.4) is 0 Å². The van der Waals surface area contributed by atoms with E-state index in [1.54, 1.807) is 13.2 Å². The number of benzene rings is 2. The van der Waals surface area contributed by atoms with Gasteiger partial charge in [-0.15, -0.1) is 0 Å². The van der Waals surface area contributed by atoms with Gasteiger partial charge in [-0.25, -0.2) is 4.39 Å². The fourth-order valence-corrected chi connectivity index (χ4v) is 2.55. The molecule has 0 heterocycles. The zero-order chi connectivity index (χ0) is 14.5. The molecule has 106 valence electrons. The van der Waals surface area contributed by atoms with E-state index in [0.29, 0.717) is 22.6 Å². The third-order valence-corrected chi connectivity index (χ3v) is 4.19. The molecule has 0 unspecified atom stereocenters. The van der Waals surface area contributed by atoms with Gasteiger partial charge in [0.05, 0.1) is 11.6 Å². The van der Waals surface area contributed by atoms with Crippen LogP contribution in [0.1, 0.15) is 11.1 Å². The lowest BCUT2D eigenvalue weighted by Gasteiger charge is -2.12. The summed E-state index contributed by atoms with van der Waals surface area (Å²) in [5.74, 6) is 0.475. The molecule has 2 nitrogen and oxygen atoms in total. The molecule has 0 aliphatic heterocycles. The summed E-state index contributed by atoms with van der Waals surface area (Å²) in [5, 5.41) is 3.89. The molecule has 2 aromatic carbocycles. The van der Waals surface area contributed by atoms with E-state index in [0.717, 1.165) is 16.9 Å². The molecule has 0 bridgehead atoms. The second kappa shape index (κ2) is 7.07. The van der Waals surface area contributed by atoms with Crippen LogP contribution >= 0.6 is 27.5 Å². The molecular weight excluding hydrogens is 345 g/mol. The van der Waals surface area contributed by atoms with Gasteiger partial charge in [-0.2, -0.15) is 0 Å². The smallest absolute Gasteiger partial charge is 0.137 e. The predicted molar refractivity (Wildman–Crippen MR) is 82.6 cm³/mol. The van der Waals surface area contributed by atoms with Gasteiger partial charge in [0.1, 0.15) is 11.6 Å². The summed E-state index contributed by atoms with van der Waals surface area (Å²) in [5.41, 5.74) is 1.75. The molecule has 5 heteroatoms. The standard InChI is InChI=1S/C15H14BrClFNO/c1-20-14-7-3-5-12(17)11(14)9-19-8-10-4-2-6-13(18)15(10)16/h2-7,19H,8-9H2,1H3. The molecule has 0 amide bonds. The summed E-state index contributed by atoms with van der Waals surface area (Å²) < 4.78 is 19.2. The number of hydrogen-bond acceptors (Lipinski definition) is 2. The lowest BCUT2D eigenvalue weighted by atomic mass is 10.2. The summed E-state index contributed by atoms with van der Waals surface area (Å²) in [6.07, 6.45) is 0. The van der Waals surface area contributed by atoms with Crippen LogP contribution in [0, 0.1) is 5.82 Å². The Hall–Kier alpha value is -1.10. The quantitative estimate of drug-likeness (QED) is 0.847. The van der Waals surface area contributed by atoms with E-state index < -0.39 is 0 Å². The summed E-state index contributed by atoms with van der Waals surface area (Å²) in [7, 11) is 1.61. The van der Waals surface area contributed by atoms with Crippen LogP contribution in [0.15, 0.2) is 40.9 Å². The number of rotatable bonds is 5. The van der Waals surface area contributed by atoms with Crippen molar-refractivity contribution >= 4 is 27.5 Å². The van der Waals surface area contributed by atoms with Gasteiger partial charge in [0.25, 0.3) is 0 Å². The summed E-state index contributed by atoms with van der Waals surface area (Å²) in [6.45, 7) is 1.08. The maximum absolute atomic E-state index is 13.4. The maximum Gasteiger partial charge on any atom is 0.137 e. The monoisotopic (exact) mass is 357 g/mol. The van der Waals surface area contributed by atoms with E-state index in [2.05, 4.69) is 21.2 Å². The Labute approximate surface area is 131 Å². The van der Waals surface area contributed by atoms with Crippen LogP contribution in [-0.4, -0.2) is 7.11 Å².